The molecule has 1 saturated heterocycles. The molecule has 6 nitrogen and oxygen atoms in total. The van der Waals surface area contributed by atoms with Gasteiger partial charge in [-0.3, -0.25) is 19.9 Å². The molecule has 3 rings (SSSR count). The molecule has 1 aliphatic heterocycles. The van der Waals surface area contributed by atoms with Crippen LogP contribution >= 0.6 is 11.6 Å². The number of carbonyl (C=O) groups excluding carboxylic acids is 3. The number of nitrogens with one attached hydrogen (secondary N) is 1. The van der Waals surface area contributed by atoms with E-state index in [1.807, 2.05) is 19.9 Å². The van der Waals surface area contributed by atoms with Crippen LogP contribution in [0.25, 0.3) is 0 Å². The maximum absolute atomic E-state index is 12.7. The second-order valence-electron chi connectivity index (χ2n) is 6.00. The van der Waals surface area contributed by atoms with Crippen LogP contribution in [-0.4, -0.2) is 24.1 Å². The van der Waals surface area contributed by atoms with Gasteiger partial charge in [-0.05, 0) is 49.2 Å². The number of aliphatic imine (C=N–C) groups is 1. The van der Waals surface area contributed by atoms with Crippen molar-refractivity contribution in [3.8, 4) is 0 Å². The summed E-state index contributed by atoms with van der Waals surface area (Å²) in [4.78, 5) is 42.1. The SMILES string of the molecule is Cc1cccc(N2C(=O)NC(=O)C(C=Nc3ccc(C)c(Cl)c3)C2=O)c1. The Morgan fingerprint density at radius 3 is 2.58 bits per heavy atom. The van der Waals surface area contributed by atoms with Crippen molar-refractivity contribution < 1.29 is 14.4 Å². The molecule has 1 N–H and O–H groups in total. The summed E-state index contributed by atoms with van der Waals surface area (Å²) in [6.07, 6.45) is 1.23. The minimum atomic E-state index is -1.20. The van der Waals surface area contributed by atoms with Crippen molar-refractivity contribution in [2.75, 3.05) is 4.90 Å². The topological polar surface area (TPSA) is 78.8 Å². The van der Waals surface area contributed by atoms with Gasteiger partial charge in [0.25, 0.3) is 5.91 Å². The number of hydrogen-bond donors (Lipinski definition) is 1. The van der Waals surface area contributed by atoms with Crippen molar-refractivity contribution in [3.05, 3.63) is 58.6 Å². The number of carbonyl (C=O) groups is 3. The van der Waals surface area contributed by atoms with Crippen LogP contribution in [0.4, 0.5) is 16.2 Å². The van der Waals surface area contributed by atoms with Crippen LogP contribution < -0.4 is 10.2 Å². The zero-order chi connectivity index (χ0) is 18.8. The van der Waals surface area contributed by atoms with Crippen LogP contribution in [0.5, 0.6) is 0 Å². The van der Waals surface area contributed by atoms with Crippen LogP contribution in [-0.2, 0) is 9.59 Å². The second kappa shape index (κ2) is 7.09. The lowest BCUT2D eigenvalue weighted by Gasteiger charge is -2.28. The number of amides is 4. The van der Waals surface area contributed by atoms with Gasteiger partial charge < -0.3 is 0 Å². The third-order valence-corrected chi connectivity index (χ3v) is 4.40. The smallest absolute Gasteiger partial charge is 0.276 e. The average molecular weight is 370 g/mol. The lowest BCUT2D eigenvalue weighted by atomic mass is 10.1. The first-order valence-corrected chi connectivity index (χ1v) is 8.30. The van der Waals surface area contributed by atoms with Gasteiger partial charge in [-0.2, -0.15) is 0 Å². The van der Waals surface area contributed by atoms with Gasteiger partial charge in [0.1, 0.15) is 0 Å². The van der Waals surface area contributed by atoms with Gasteiger partial charge in [0, 0.05) is 11.2 Å². The molecule has 1 unspecified atom stereocenters. The zero-order valence-electron chi connectivity index (χ0n) is 14.2. The molecule has 7 heteroatoms. The Balaban J connectivity index is 1.90. The Kier molecular flexibility index (Phi) is 4.86. The summed E-state index contributed by atoms with van der Waals surface area (Å²) in [5, 5.41) is 2.73. The summed E-state index contributed by atoms with van der Waals surface area (Å²) in [5.41, 5.74) is 2.70. The number of imide groups is 2. The maximum atomic E-state index is 12.7. The molecule has 4 amide bonds. The molecule has 0 spiro atoms. The van der Waals surface area contributed by atoms with Gasteiger partial charge in [0.05, 0.1) is 11.4 Å². The number of hydrogen-bond acceptors (Lipinski definition) is 4. The fourth-order valence-corrected chi connectivity index (χ4v) is 2.73. The molecule has 132 valence electrons. The molecule has 2 aromatic rings. The highest BCUT2D eigenvalue weighted by Gasteiger charge is 2.40. The lowest BCUT2D eigenvalue weighted by molar-refractivity contribution is -0.131. The van der Waals surface area contributed by atoms with E-state index in [1.54, 1.807) is 36.4 Å². The highest BCUT2D eigenvalue weighted by Crippen LogP contribution is 2.24. The third-order valence-electron chi connectivity index (χ3n) is 3.99. The highest BCUT2D eigenvalue weighted by molar-refractivity contribution is 6.33. The number of barbiturate groups is 1. The van der Waals surface area contributed by atoms with Crippen molar-refractivity contribution in [1.82, 2.24) is 5.32 Å². The number of rotatable bonds is 3. The lowest BCUT2D eigenvalue weighted by Crippen LogP contribution is -2.58. The monoisotopic (exact) mass is 369 g/mol. The van der Waals surface area contributed by atoms with Crippen LogP contribution in [0.1, 0.15) is 11.1 Å². The number of anilines is 1. The van der Waals surface area contributed by atoms with E-state index < -0.39 is 23.8 Å². The number of urea groups is 1. The first-order chi connectivity index (χ1) is 12.4. The summed E-state index contributed by atoms with van der Waals surface area (Å²) in [6.45, 7) is 3.71. The Bertz CT molecular complexity index is 939. The second-order valence-corrected chi connectivity index (χ2v) is 6.40. The molecular formula is C19H16ClN3O3. The first-order valence-electron chi connectivity index (χ1n) is 7.92. The van der Waals surface area contributed by atoms with Crippen LogP contribution in [0.2, 0.25) is 5.02 Å². The number of halogens is 1. The van der Waals surface area contributed by atoms with Crippen LogP contribution in [0.15, 0.2) is 47.5 Å². The Morgan fingerprint density at radius 1 is 1.12 bits per heavy atom. The Labute approximate surface area is 155 Å². The van der Waals surface area contributed by atoms with Gasteiger partial charge in [0.15, 0.2) is 5.92 Å². The van der Waals surface area contributed by atoms with Gasteiger partial charge in [0.2, 0.25) is 5.91 Å². The molecular weight excluding hydrogens is 354 g/mol. The minimum absolute atomic E-state index is 0.400. The summed E-state index contributed by atoms with van der Waals surface area (Å²) < 4.78 is 0. The van der Waals surface area contributed by atoms with Crippen molar-refractivity contribution in [2.45, 2.75) is 13.8 Å². The van der Waals surface area contributed by atoms with E-state index in [0.717, 1.165) is 16.0 Å². The van der Waals surface area contributed by atoms with E-state index in [2.05, 4.69) is 10.3 Å². The molecule has 0 aliphatic carbocycles. The predicted molar refractivity (Wildman–Crippen MR) is 100 cm³/mol. The molecule has 1 fully saturated rings. The van der Waals surface area contributed by atoms with Crippen molar-refractivity contribution in [2.24, 2.45) is 10.9 Å². The molecule has 1 heterocycles. The molecule has 2 aromatic carbocycles. The van der Waals surface area contributed by atoms with E-state index in [0.29, 0.717) is 16.4 Å². The number of nitrogens with zero attached hydrogens (tertiary/aromatic N) is 2. The minimum Gasteiger partial charge on any atom is -0.276 e. The van der Waals surface area contributed by atoms with Crippen LogP contribution in [0, 0.1) is 19.8 Å². The van der Waals surface area contributed by atoms with E-state index in [4.69, 9.17) is 11.6 Å². The summed E-state index contributed by atoms with van der Waals surface area (Å²) in [5.74, 6) is -2.55. The van der Waals surface area contributed by atoms with Gasteiger partial charge in [-0.1, -0.05) is 29.8 Å². The van der Waals surface area contributed by atoms with Gasteiger partial charge in [-0.25, -0.2) is 9.69 Å². The predicted octanol–water partition coefficient (Wildman–Crippen LogP) is 3.56. The van der Waals surface area contributed by atoms with Gasteiger partial charge in [-0.15, -0.1) is 0 Å². The molecule has 0 bridgehead atoms. The van der Waals surface area contributed by atoms with Crippen molar-refractivity contribution in [1.29, 1.82) is 0 Å². The number of benzene rings is 2. The normalized spacial score (nSPS) is 17.7. The van der Waals surface area contributed by atoms with Crippen molar-refractivity contribution in [3.63, 3.8) is 0 Å². The maximum Gasteiger partial charge on any atom is 0.335 e. The highest BCUT2D eigenvalue weighted by atomic mass is 35.5. The first kappa shape index (κ1) is 17.8. The third kappa shape index (κ3) is 3.50. The molecule has 0 saturated carbocycles. The molecule has 1 aliphatic rings. The molecule has 0 radical (unpaired) electrons. The Hall–Kier alpha value is -2.99. The largest absolute Gasteiger partial charge is 0.335 e. The molecule has 26 heavy (non-hydrogen) atoms. The quantitative estimate of drug-likeness (QED) is 0.663. The fraction of sp³-hybridized carbons (Fsp3) is 0.158. The standard InChI is InChI=1S/C19H16ClN3O3/c1-11-4-3-5-14(8-11)23-18(25)15(17(24)22-19(23)26)10-21-13-7-6-12(2)16(20)9-13/h3-10,15H,1-2H3,(H,22,24,26). The fourth-order valence-electron chi connectivity index (χ4n) is 2.56. The Morgan fingerprint density at radius 2 is 1.88 bits per heavy atom. The van der Waals surface area contributed by atoms with E-state index >= 15 is 0 Å². The molecule has 0 aromatic heterocycles. The average Bonchev–Trinajstić information content (AvgIpc) is 2.57. The summed E-state index contributed by atoms with van der Waals surface area (Å²) in [7, 11) is 0. The van der Waals surface area contributed by atoms with Crippen molar-refractivity contribution >= 4 is 47.0 Å². The van der Waals surface area contributed by atoms with E-state index in [9.17, 15) is 14.4 Å². The van der Waals surface area contributed by atoms with Crippen LogP contribution in [0.3, 0.4) is 0 Å². The summed E-state index contributed by atoms with van der Waals surface area (Å²) in [6, 6.07) is 11.3. The number of aryl methyl sites for hydroxylation is 2. The van der Waals surface area contributed by atoms with E-state index in [1.165, 1.54) is 6.21 Å². The molecule has 1 atom stereocenters. The summed E-state index contributed by atoms with van der Waals surface area (Å²) >= 11 is 6.06. The van der Waals surface area contributed by atoms with Gasteiger partial charge >= 0.3 is 6.03 Å². The van der Waals surface area contributed by atoms with E-state index in [-0.39, 0.29) is 0 Å². The zero-order valence-corrected chi connectivity index (χ0v) is 14.9.